The summed E-state index contributed by atoms with van der Waals surface area (Å²) in [5.41, 5.74) is 1.38. The van der Waals surface area contributed by atoms with Gasteiger partial charge in [0.1, 0.15) is 18.0 Å². The molecule has 0 fully saturated rings. The highest BCUT2D eigenvalue weighted by molar-refractivity contribution is 5.70. The Morgan fingerprint density at radius 3 is 3.00 bits per heavy atom. The van der Waals surface area contributed by atoms with Gasteiger partial charge in [-0.05, 0) is 0 Å². The van der Waals surface area contributed by atoms with Crippen molar-refractivity contribution in [3.8, 4) is 5.75 Å². The summed E-state index contributed by atoms with van der Waals surface area (Å²) in [6, 6.07) is 1.82. The average molecular weight is 194 g/mol. The number of ether oxygens (including phenoxy) is 2. The highest BCUT2D eigenvalue weighted by atomic mass is 16.5. The molecule has 6 heteroatoms. The highest BCUT2D eigenvalue weighted by Gasteiger charge is 2.06. The molecule has 0 aliphatic heterocycles. The Hall–Kier alpha value is -1.69. The van der Waals surface area contributed by atoms with E-state index in [2.05, 4.69) is 15.3 Å². The first-order valence-electron chi connectivity index (χ1n) is 4.07. The molecule has 0 N–H and O–H groups in total. The summed E-state index contributed by atoms with van der Waals surface area (Å²) >= 11 is 0. The zero-order chi connectivity index (χ0) is 9.97. The minimum Gasteiger partial charge on any atom is -0.495 e. The molecule has 2 aromatic heterocycles. The molecule has 0 saturated heterocycles. The van der Waals surface area contributed by atoms with E-state index in [-0.39, 0.29) is 0 Å². The van der Waals surface area contributed by atoms with Crippen LogP contribution in [0.4, 0.5) is 0 Å². The van der Waals surface area contributed by atoms with E-state index in [1.54, 1.807) is 25.1 Å². The van der Waals surface area contributed by atoms with E-state index in [0.29, 0.717) is 18.1 Å². The van der Waals surface area contributed by atoms with Gasteiger partial charge in [-0.15, -0.1) is 5.10 Å². The molecule has 2 aromatic rings. The van der Waals surface area contributed by atoms with Crippen LogP contribution in [0.3, 0.4) is 0 Å². The van der Waals surface area contributed by atoms with Gasteiger partial charge in [0.15, 0.2) is 0 Å². The predicted molar refractivity (Wildman–Crippen MR) is 48.9 cm³/mol. The third-order valence-corrected chi connectivity index (χ3v) is 1.83. The molecule has 74 valence electrons. The molecule has 2 heterocycles. The van der Waals surface area contributed by atoms with Gasteiger partial charge in [-0.25, -0.2) is 9.67 Å². The van der Waals surface area contributed by atoms with Crippen molar-refractivity contribution < 1.29 is 9.47 Å². The summed E-state index contributed by atoms with van der Waals surface area (Å²) in [5.74, 6) is 0.678. The second-order valence-corrected chi connectivity index (χ2v) is 2.72. The maximum absolute atomic E-state index is 5.05. The summed E-state index contributed by atoms with van der Waals surface area (Å²) in [7, 11) is 3.19. The minimum atomic E-state index is 0.353. The van der Waals surface area contributed by atoms with Crippen LogP contribution in [0.5, 0.6) is 5.75 Å². The largest absolute Gasteiger partial charge is 0.495 e. The molecule has 0 bridgehead atoms. The zero-order valence-electron chi connectivity index (χ0n) is 7.97. The molecular weight excluding hydrogens is 184 g/mol. The van der Waals surface area contributed by atoms with Crippen molar-refractivity contribution >= 4 is 11.2 Å². The van der Waals surface area contributed by atoms with Crippen molar-refractivity contribution in [2.45, 2.75) is 6.73 Å². The number of pyridine rings is 1. The molecule has 2 rings (SSSR count). The highest BCUT2D eigenvalue weighted by Crippen LogP contribution is 2.15. The Bertz CT molecular complexity index is 440. The lowest BCUT2D eigenvalue weighted by Crippen LogP contribution is -2.01. The minimum absolute atomic E-state index is 0.353. The number of rotatable bonds is 3. The van der Waals surface area contributed by atoms with Crippen LogP contribution in [0.2, 0.25) is 0 Å². The van der Waals surface area contributed by atoms with Gasteiger partial charge in [0, 0.05) is 13.2 Å². The van der Waals surface area contributed by atoms with Crippen molar-refractivity contribution in [3.63, 3.8) is 0 Å². The number of nitrogens with zero attached hydrogens (tertiary/aromatic N) is 4. The molecular formula is C8H10N4O2. The van der Waals surface area contributed by atoms with E-state index in [0.717, 1.165) is 5.52 Å². The van der Waals surface area contributed by atoms with Crippen LogP contribution < -0.4 is 4.74 Å². The number of fused-ring (bicyclic) bond motifs is 1. The third-order valence-electron chi connectivity index (χ3n) is 1.83. The summed E-state index contributed by atoms with van der Waals surface area (Å²) < 4.78 is 11.6. The molecule has 0 atom stereocenters. The molecule has 0 radical (unpaired) electrons. The first-order chi connectivity index (χ1) is 6.85. The van der Waals surface area contributed by atoms with Crippen molar-refractivity contribution in [3.05, 3.63) is 12.3 Å². The van der Waals surface area contributed by atoms with Crippen LogP contribution in [0.25, 0.3) is 11.2 Å². The standard InChI is InChI=1S/C8H10N4O2/c1-13-5-12-7-3-6(14-2)4-9-8(7)10-11-12/h3-4H,5H2,1-2H3. The van der Waals surface area contributed by atoms with Crippen LogP contribution in [0, 0.1) is 0 Å². The molecule has 0 aliphatic carbocycles. The lowest BCUT2D eigenvalue weighted by molar-refractivity contribution is 0.122. The van der Waals surface area contributed by atoms with Gasteiger partial charge in [-0.3, -0.25) is 0 Å². The molecule has 0 aromatic carbocycles. The van der Waals surface area contributed by atoms with Gasteiger partial charge in [0.25, 0.3) is 0 Å². The maximum Gasteiger partial charge on any atom is 0.202 e. The lowest BCUT2D eigenvalue weighted by Gasteiger charge is -2.00. The number of hydrogen-bond acceptors (Lipinski definition) is 5. The van der Waals surface area contributed by atoms with Crippen LogP contribution in [0.15, 0.2) is 12.3 Å². The van der Waals surface area contributed by atoms with Crippen LogP contribution >= 0.6 is 0 Å². The van der Waals surface area contributed by atoms with E-state index in [1.807, 2.05) is 6.07 Å². The molecule has 0 aliphatic rings. The molecule has 0 saturated carbocycles. The summed E-state index contributed by atoms with van der Waals surface area (Å²) in [4.78, 5) is 4.08. The Morgan fingerprint density at radius 1 is 1.43 bits per heavy atom. The van der Waals surface area contributed by atoms with Gasteiger partial charge in [0.05, 0.1) is 13.3 Å². The monoisotopic (exact) mass is 194 g/mol. The van der Waals surface area contributed by atoms with Gasteiger partial charge < -0.3 is 9.47 Å². The Kier molecular flexibility index (Phi) is 2.28. The lowest BCUT2D eigenvalue weighted by atomic mass is 10.4. The second-order valence-electron chi connectivity index (χ2n) is 2.72. The summed E-state index contributed by atoms with van der Waals surface area (Å²) in [6.45, 7) is 0.353. The Balaban J connectivity index is 2.52. The quantitative estimate of drug-likeness (QED) is 0.709. The summed E-state index contributed by atoms with van der Waals surface area (Å²) in [6.07, 6.45) is 1.61. The van der Waals surface area contributed by atoms with Crippen LogP contribution in [0.1, 0.15) is 0 Å². The first-order valence-corrected chi connectivity index (χ1v) is 4.07. The van der Waals surface area contributed by atoms with Gasteiger partial charge in [-0.1, -0.05) is 5.21 Å². The molecule has 14 heavy (non-hydrogen) atoms. The van der Waals surface area contributed by atoms with E-state index < -0.39 is 0 Å². The average Bonchev–Trinajstić information content (AvgIpc) is 2.61. The van der Waals surface area contributed by atoms with E-state index in [9.17, 15) is 0 Å². The number of methoxy groups -OCH3 is 2. The zero-order valence-corrected chi connectivity index (χ0v) is 7.97. The number of hydrogen-bond donors (Lipinski definition) is 0. The predicted octanol–water partition coefficient (Wildman–Crippen LogP) is 0.439. The van der Waals surface area contributed by atoms with Crippen LogP contribution in [-0.4, -0.2) is 34.2 Å². The first kappa shape index (κ1) is 8.89. The van der Waals surface area contributed by atoms with E-state index in [1.165, 1.54) is 0 Å². The number of aromatic nitrogens is 4. The van der Waals surface area contributed by atoms with Crippen molar-refractivity contribution in [1.82, 2.24) is 20.0 Å². The van der Waals surface area contributed by atoms with Gasteiger partial charge >= 0.3 is 0 Å². The maximum atomic E-state index is 5.05. The fourth-order valence-corrected chi connectivity index (χ4v) is 1.17. The van der Waals surface area contributed by atoms with Crippen molar-refractivity contribution in [2.24, 2.45) is 0 Å². The smallest absolute Gasteiger partial charge is 0.202 e. The van der Waals surface area contributed by atoms with Crippen LogP contribution in [-0.2, 0) is 11.5 Å². The molecule has 6 nitrogen and oxygen atoms in total. The van der Waals surface area contributed by atoms with Gasteiger partial charge in [0.2, 0.25) is 5.65 Å². The topological polar surface area (TPSA) is 62.1 Å². The fraction of sp³-hybridized carbons (Fsp3) is 0.375. The Morgan fingerprint density at radius 2 is 2.29 bits per heavy atom. The van der Waals surface area contributed by atoms with Crippen molar-refractivity contribution in [1.29, 1.82) is 0 Å². The van der Waals surface area contributed by atoms with E-state index >= 15 is 0 Å². The Labute approximate surface area is 80.4 Å². The molecule has 0 spiro atoms. The summed E-state index contributed by atoms with van der Waals surface area (Å²) in [5, 5.41) is 7.76. The second kappa shape index (κ2) is 3.59. The van der Waals surface area contributed by atoms with Crippen molar-refractivity contribution in [2.75, 3.05) is 14.2 Å². The molecule has 0 unspecified atom stereocenters. The fourth-order valence-electron chi connectivity index (χ4n) is 1.17. The normalized spacial score (nSPS) is 10.7. The third kappa shape index (κ3) is 1.39. The SMILES string of the molecule is COCn1nnc2ncc(OC)cc21. The van der Waals surface area contributed by atoms with Gasteiger partial charge in [-0.2, -0.15) is 0 Å². The van der Waals surface area contributed by atoms with E-state index in [4.69, 9.17) is 9.47 Å². The molecule has 0 amide bonds.